The van der Waals surface area contributed by atoms with Crippen LogP contribution in [0.3, 0.4) is 0 Å². The lowest BCUT2D eigenvalue weighted by Gasteiger charge is -2.32. The molecular weight excluding hydrogens is 291 g/mol. The maximum absolute atomic E-state index is 11.8. The van der Waals surface area contributed by atoms with Crippen molar-refractivity contribution < 1.29 is 18.8 Å². The highest BCUT2D eigenvalue weighted by atomic mass is 16.7. The van der Waals surface area contributed by atoms with Gasteiger partial charge in [0.05, 0.1) is 24.2 Å². The molecular formula is C18H27BO4. The normalized spacial score (nSPS) is 19.2. The van der Waals surface area contributed by atoms with Gasteiger partial charge in [0.15, 0.2) is 0 Å². The molecule has 0 bridgehead atoms. The molecule has 1 aromatic rings. The summed E-state index contributed by atoms with van der Waals surface area (Å²) in [6.45, 7) is 12.6. The fourth-order valence-corrected chi connectivity index (χ4v) is 2.25. The predicted octanol–water partition coefficient (Wildman–Crippen LogP) is 2.73. The molecule has 1 aliphatic rings. The van der Waals surface area contributed by atoms with Gasteiger partial charge in [0.1, 0.15) is 0 Å². The highest BCUT2D eigenvalue weighted by molar-refractivity contribution is 6.62. The molecule has 0 radical (unpaired) electrons. The standard InChI is InChI=1S/C18H27BO4/c1-13(2)12-21-16(20)11-14-7-9-15(10-8-14)19-22-17(3,4)18(5,6)23-19/h7-10,13H,11-12H2,1-6H3. The van der Waals surface area contributed by atoms with Crippen LogP contribution in [0.1, 0.15) is 47.1 Å². The molecule has 0 aliphatic carbocycles. The number of hydrogen-bond acceptors (Lipinski definition) is 4. The third-order valence-corrected chi connectivity index (χ3v) is 4.43. The quantitative estimate of drug-likeness (QED) is 0.618. The molecule has 5 heteroatoms. The Balaban J connectivity index is 1.97. The van der Waals surface area contributed by atoms with Crippen molar-refractivity contribution in [2.45, 2.75) is 59.2 Å². The molecule has 0 N–H and O–H groups in total. The number of carbonyl (C=O) groups is 1. The van der Waals surface area contributed by atoms with Gasteiger partial charge in [-0.05, 0) is 44.6 Å². The Morgan fingerprint density at radius 1 is 1.09 bits per heavy atom. The van der Waals surface area contributed by atoms with Crippen molar-refractivity contribution in [3.8, 4) is 0 Å². The number of hydrogen-bond donors (Lipinski definition) is 0. The van der Waals surface area contributed by atoms with E-state index in [9.17, 15) is 4.79 Å². The third kappa shape index (κ3) is 4.36. The van der Waals surface area contributed by atoms with Crippen LogP contribution in [0.4, 0.5) is 0 Å². The second kappa shape index (κ2) is 6.66. The van der Waals surface area contributed by atoms with Crippen molar-refractivity contribution >= 4 is 18.6 Å². The van der Waals surface area contributed by atoms with Gasteiger partial charge in [0.25, 0.3) is 0 Å². The van der Waals surface area contributed by atoms with Gasteiger partial charge in [-0.1, -0.05) is 38.1 Å². The fraction of sp³-hybridized carbons (Fsp3) is 0.611. The minimum Gasteiger partial charge on any atom is -0.465 e. The summed E-state index contributed by atoms with van der Waals surface area (Å²) in [6, 6.07) is 7.76. The summed E-state index contributed by atoms with van der Waals surface area (Å²) >= 11 is 0. The van der Waals surface area contributed by atoms with Gasteiger partial charge < -0.3 is 14.0 Å². The van der Waals surface area contributed by atoms with Gasteiger partial charge in [0, 0.05) is 0 Å². The van der Waals surface area contributed by atoms with Crippen LogP contribution in [0.5, 0.6) is 0 Å². The maximum atomic E-state index is 11.8. The number of esters is 1. The molecule has 0 unspecified atom stereocenters. The smallest absolute Gasteiger partial charge is 0.465 e. The first kappa shape index (κ1) is 18.0. The van der Waals surface area contributed by atoms with Gasteiger partial charge >= 0.3 is 13.1 Å². The van der Waals surface area contributed by atoms with Crippen molar-refractivity contribution in [3.63, 3.8) is 0 Å². The molecule has 4 nitrogen and oxygen atoms in total. The second-order valence-electron chi connectivity index (χ2n) is 7.58. The summed E-state index contributed by atoms with van der Waals surface area (Å²) in [5.74, 6) is 0.159. The molecule has 1 aliphatic heterocycles. The third-order valence-electron chi connectivity index (χ3n) is 4.43. The summed E-state index contributed by atoms with van der Waals surface area (Å²) in [5, 5.41) is 0. The van der Waals surface area contributed by atoms with E-state index in [2.05, 4.69) is 0 Å². The highest BCUT2D eigenvalue weighted by Crippen LogP contribution is 2.36. The van der Waals surface area contributed by atoms with Crippen LogP contribution in [0.25, 0.3) is 0 Å². The van der Waals surface area contributed by atoms with Crippen LogP contribution >= 0.6 is 0 Å². The Morgan fingerprint density at radius 2 is 1.61 bits per heavy atom. The number of ether oxygens (including phenoxy) is 1. The van der Waals surface area contributed by atoms with Crippen molar-refractivity contribution in [2.75, 3.05) is 6.61 Å². The summed E-state index contributed by atoms with van der Waals surface area (Å²) in [4.78, 5) is 11.8. The van der Waals surface area contributed by atoms with E-state index in [0.717, 1.165) is 11.0 Å². The first-order valence-corrected chi connectivity index (χ1v) is 8.21. The van der Waals surface area contributed by atoms with Crippen LogP contribution in [-0.2, 0) is 25.3 Å². The average molecular weight is 318 g/mol. The Morgan fingerprint density at radius 3 is 2.09 bits per heavy atom. The molecule has 0 saturated carbocycles. The topological polar surface area (TPSA) is 44.8 Å². The molecule has 1 fully saturated rings. The van der Waals surface area contributed by atoms with Crippen molar-refractivity contribution in [2.24, 2.45) is 5.92 Å². The average Bonchev–Trinajstić information content (AvgIpc) is 2.66. The Kier molecular flexibility index (Phi) is 5.22. The monoisotopic (exact) mass is 318 g/mol. The van der Waals surface area contributed by atoms with E-state index >= 15 is 0 Å². The van der Waals surface area contributed by atoms with Crippen LogP contribution < -0.4 is 5.46 Å². The zero-order chi connectivity index (χ0) is 17.3. The number of benzene rings is 1. The molecule has 126 valence electrons. The summed E-state index contributed by atoms with van der Waals surface area (Å²) in [6.07, 6.45) is 0.288. The van der Waals surface area contributed by atoms with Gasteiger partial charge in [0.2, 0.25) is 0 Å². The first-order valence-electron chi connectivity index (χ1n) is 8.21. The Bertz CT molecular complexity index is 533. The molecule has 1 aromatic carbocycles. The van der Waals surface area contributed by atoms with Crippen molar-refractivity contribution in [1.29, 1.82) is 0 Å². The van der Waals surface area contributed by atoms with E-state index in [0.29, 0.717) is 12.5 Å². The minimum atomic E-state index is -0.373. The van der Waals surface area contributed by atoms with E-state index < -0.39 is 0 Å². The van der Waals surface area contributed by atoms with Crippen LogP contribution in [0, 0.1) is 5.92 Å². The number of carbonyl (C=O) groups excluding carboxylic acids is 1. The lowest BCUT2D eigenvalue weighted by atomic mass is 9.79. The lowest BCUT2D eigenvalue weighted by molar-refractivity contribution is -0.143. The molecule has 23 heavy (non-hydrogen) atoms. The lowest BCUT2D eigenvalue weighted by Crippen LogP contribution is -2.41. The zero-order valence-corrected chi connectivity index (χ0v) is 15.0. The highest BCUT2D eigenvalue weighted by Gasteiger charge is 2.51. The molecule has 1 heterocycles. The predicted molar refractivity (Wildman–Crippen MR) is 91.7 cm³/mol. The summed E-state index contributed by atoms with van der Waals surface area (Å²) in [5.41, 5.74) is 1.19. The summed E-state index contributed by atoms with van der Waals surface area (Å²) in [7, 11) is -0.373. The summed E-state index contributed by atoms with van der Waals surface area (Å²) < 4.78 is 17.2. The van der Waals surface area contributed by atoms with Crippen LogP contribution in [0.2, 0.25) is 0 Å². The van der Waals surface area contributed by atoms with Crippen molar-refractivity contribution in [1.82, 2.24) is 0 Å². The Hall–Kier alpha value is -1.33. The van der Waals surface area contributed by atoms with E-state index in [1.54, 1.807) is 0 Å². The first-order chi connectivity index (χ1) is 10.6. The van der Waals surface area contributed by atoms with Crippen LogP contribution in [-0.4, -0.2) is 30.9 Å². The van der Waals surface area contributed by atoms with E-state index in [4.69, 9.17) is 14.0 Å². The minimum absolute atomic E-state index is 0.193. The SMILES string of the molecule is CC(C)COC(=O)Cc1ccc(B2OC(C)(C)C(C)(C)O2)cc1. The molecule has 0 amide bonds. The van der Waals surface area contributed by atoms with Gasteiger partial charge in [-0.2, -0.15) is 0 Å². The fourth-order valence-electron chi connectivity index (χ4n) is 2.25. The maximum Gasteiger partial charge on any atom is 0.494 e. The number of rotatable bonds is 5. The van der Waals surface area contributed by atoms with E-state index in [1.165, 1.54) is 0 Å². The molecule has 0 spiro atoms. The van der Waals surface area contributed by atoms with E-state index in [-0.39, 0.29) is 30.7 Å². The zero-order valence-electron chi connectivity index (χ0n) is 15.0. The Labute approximate surface area is 139 Å². The van der Waals surface area contributed by atoms with E-state index in [1.807, 2.05) is 65.8 Å². The molecule has 1 saturated heterocycles. The molecule has 0 aromatic heterocycles. The largest absolute Gasteiger partial charge is 0.494 e. The van der Waals surface area contributed by atoms with Crippen molar-refractivity contribution in [3.05, 3.63) is 29.8 Å². The van der Waals surface area contributed by atoms with Gasteiger partial charge in [-0.25, -0.2) is 0 Å². The van der Waals surface area contributed by atoms with Gasteiger partial charge in [-0.15, -0.1) is 0 Å². The second-order valence-corrected chi connectivity index (χ2v) is 7.58. The molecule has 2 rings (SSSR count). The molecule has 0 atom stereocenters. The van der Waals surface area contributed by atoms with Gasteiger partial charge in [-0.3, -0.25) is 4.79 Å². The van der Waals surface area contributed by atoms with Crippen LogP contribution in [0.15, 0.2) is 24.3 Å².